The summed E-state index contributed by atoms with van der Waals surface area (Å²) in [6.45, 7) is 17.9. The molecule has 0 N–H and O–H groups in total. The third-order valence-electron chi connectivity index (χ3n) is 6.32. The van der Waals surface area contributed by atoms with Gasteiger partial charge in [0.2, 0.25) is 0 Å². The number of nitrogens with zero attached hydrogens (tertiary/aromatic N) is 3. The summed E-state index contributed by atoms with van der Waals surface area (Å²) in [6, 6.07) is 6.92. The molecule has 0 fully saturated rings. The molecule has 1 aromatic carbocycles. The minimum absolute atomic E-state index is 0.415. The largest absolute Gasteiger partial charge is 0.192 e. The van der Waals surface area contributed by atoms with Gasteiger partial charge in [0, 0.05) is 10.8 Å². The lowest BCUT2D eigenvalue weighted by Gasteiger charge is -2.34. The minimum atomic E-state index is -0.540. The zero-order valence-corrected chi connectivity index (χ0v) is 18.8. The van der Waals surface area contributed by atoms with Crippen LogP contribution in [0.2, 0.25) is 0 Å². The second-order valence-corrected chi connectivity index (χ2v) is 7.95. The van der Waals surface area contributed by atoms with E-state index in [1.807, 2.05) is 45.9 Å². The van der Waals surface area contributed by atoms with Crippen molar-refractivity contribution in [1.82, 2.24) is 0 Å². The van der Waals surface area contributed by atoms with E-state index in [-0.39, 0.29) is 0 Å². The van der Waals surface area contributed by atoms with E-state index in [1.54, 1.807) is 6.92 Å². The number of nitriles is 3. The van der Waals surface area contributed by atoms with Gasteiger partial charge in [-0.25, -0.2) is 0 Å². The van der Waals surface area contributed by atoms with Gasteiger partial charge < -0.3 is 0 Å². The molecular formula is C26H31N3. The first kappa shape index (κ1) is 23.9. The summed E-state index contributed by atoms with van der Waals surface area (Å²) in [6.07, 6.45) is 9.34. The fourth-order valence-electron chi connectivity index (χ4n) is 3.62. The van der Waals surface area contributed by atoms with Crippen LogP contribution in [0.3, 0.4) is 0 Å². The zero-order chi connectivity index (χ0) is 22.4. The van der Waals surface area contributed by atoms with Gasteiger partial charge in [-0.05, 0) is 50.3 Å². The molecule has 3 nitrogen and oxygen atoms in total. The predicted octanol–water partition coefficient (Wildman–Crippen LogP) is 6.65. The van der Waals surface area contributed by atoms with Crippen molar-refractivity contribution in [2.75, 3.05) is 0 Å². The second-order valence-electron chi connectivity index (χ2n) is 7.95. The van der Waals surface area contributed by atoms with Crippen molar-refractivity contribution in [2.45, 2.75) is 72.1 Å². The van der Waals surface area contributed by atoms with Gasteiger partial charge in [0.15, 0.2) is 0 Å². The molecule has 0 amide bonds. The highest BCUT2D eigenvalue weighted by molar-refractivity contribution is 5.68. The van der Waals surface area contributed by atoms with Crippen LogP contribution in [0.4, 0.5) is 0 Å². The third kappa shape index (κ3) is 4.18. The predicted molar refractivity (Wildman–Crippen MR) is 119 cm³/mol. The molecule has 0 heterocycles. The Bertz CT molecular complexity index is 989. The molecule has 0 spiro atoms. The summed E-state index contributed by atoms with van der Waals surface area (Å²) in [7, 11) is 0. The van der Waals surface area contributed by atoms with Crippen molar-refractivity contribution in [3.63, 3.8) is 0 Å². The Labute approximate surface area is 176 Å². The maximum atomic E-state index is 10.2. The lowest BCUT2D eigenvalue weighted by molar-refractivity contribution is 0.548. The zero-order valence-electron chi connectivity index (χ0n) is 18.8. The highest BCUT2D eigenvalue weighted by atomic mass is 14.4. The minimum Gasteiger partial charge on any atom is -0.192 e. The van der Waals surface area contributed by atoms with Gasteiger partial charge in [-0.1, -0.05) is 57.6 Å². The number of allylic oxidation sites excluding steroid dienone is 5. The number of hydrogen-bond acceptors (Lipinski definition) is 3. The Morgan fingerprint density at radius 3 is 1.72 bits per heavy atom. The van der Waals surface area contributed by atoms with Crippen molar-refractivity contribution in [1.29, 1.82) is 15.8 Å². The van der Waals surface area contributed by atoms with Crippen molar-refractivity contribution in [3.8, 4) is 18.2 Å². The van der Waals surface area contributed by atoms with E-state index in [0.29, 0.717) is 46.2 Å². The van der Waals surface area contributed by atoms with Crippen LogP contribution < -0.4 is 0 Å². The monoisotopic (exact) mass is 385 g/mol. The number of hydrogen-bond donors (Lipinski definition) is 0. The average molecular weight is 386 g/mol. The van der Waals surface area contributed by atoms with Crippen LogP contribution in [0.15, 0.2) is 36.5 Å². The quantitative estimate of drug-likeness (QED) is 0.389. The molecule has 0 bridgehead atoms. The van der Waals surface area contributed by atoms with Gasteiger partial charge >= 0.3 is 0 Å². The Morgan fingerprint density at radius 1 is 0.931 bits per heavy atom. The number of rotatable bonds is 7. The smallest absolute Gasteiger partial charge is 0.0999 e. The molecule has 0 aliphatic heterocycles. The molecule has 0 saturated carbocycles. The molecule has 0 aliphatic rings. The Balaban J connectivity index is 4.29. The van der Waals surface area contributed by atoms with E-state index in [9.17, 15) is 15.8 Å². The maximum Gasteiger partial charge on any atom is 0.0999 e. The van der Waals surface area contributed by atoms with Crippen LogP contribution in [-0.4, -0.2) is 0 Å². The summed E-state index contributed by atoms with van der Waals surface area (Å²) in [5.74, 6) is 0. The SMILES string of the molecule is C=CC(C)(CC)c1c(C#N)c(C)c(C#N)c(C(C)(/C=C/C(C)=C/C)CC)c1C#N. The first-order valence-electron chi connectivity index (χ1n) is 10.0. The normalized spacial score (nSPS) is 15.7. The maximum absolute atomic E-state index is 10.2. The standard InChI is InChI=1S/C26H31N3/c1-9-18(5)13-14-26(8,12-4)24-21(16-28)19(6)20(15-27)23(22(24)17-29)25(7,10-2)11-3/h9-10,13-14H,2,11-12H2,1,3-8H3/b14-13+,18-9+. The molecule has 0 aliphatic carbocycles. The van der Waals surface area contributed by atoms with E-state index in [1.165, 1.54) is 0 Å². The molecule has 0 saturated heterocycles. The molecule has 1 rings (SSSR count). The molecule has 1 aromatic rings. The van der Waals surface area contributed by atoms with Crippen molar-refractivity contribution in [2.24, 2.45) is 0 Å². The summed E-state index contributed by atoms with van der Waals surface area (Å²) in [5, 5.41) is 30.2. The van der Waals surface area contributed by atoms with Crippen LogP contribution >= 0.6 is 0 Å². The van der Waals surface area contributed by atoms with Gasteiger partial charge in [-0.15, -0.1) is 6.58 Å². The van der Waals surface area contributed by atoms with Crippen LogP contribution in [0, 0.1) is 40.9 Å². The lowest BCUT2D eigenvalue weighted by atomic mass is 9.67. The van der Waals surface area contributed by atoms with Crippen LogP contribution in [-0.2, 0) is 10.8 Å². The van der Waals surface area contributed by atoms with Crippen molar-refractivity contribution < 1.29 is 0 Å². The van der Waals surface area contributed by atoms with Crippen molar-refractivity contribution >= 4 is 0 Å². The fraction of sp³-hybridized carbons (Fsp3) is 0.423. The molecule has 0 aromatic heterocycles. The highest BCUT2D eigenvalue weighted by Gasteiger charge is 2.37. The van der Waals surface area contributed by atoms with Crippen LogP contribution in [0.5, 0.6) is 0 Å². The van der Waals surface area contributed by atoms with Crippen LogP contribution in [0.1, 0.15) is 87.8 Å². The Hall–Kier alpha value is -3.09. The molecular weight excluding hydrogens is 354 g/mol. The third-order valence-corrected chi connectivity index (χ3v) is 6.32. The Kier molecular flexibility index (Phi) is 7.77. The average Bonchev–Trinajstić information content (AvgIpc) is 2.75. The molecule has 3 heteroatoms. The highest BCUT2D eigenvalue weighted by Crippen LogP contribution is 2.44. The molecule has 2 atom stereocenters. The molecule has 29 heavy (non-hydrogen) atoms. The van der Waals surface area contributed by atoms with E-state index in [4.69, 9.17) is 0 Å². The lowest BCUT2D eigenvalue weighted by Crippen LogP contribution is -2.28. The van der Waals surface area contributed by atoms with Gasteiger partial charge in [-0.3, -0.25) is 0 Å². The van der Waals surface area contributed by atoms with E-state index < -0.39 is 10.8 Å². The first-order valence-corrected chi connectivity index (χ1v) is 10.0. The van der Waals surface area contributed by atoms with Gasteiger partial charge in [0.05, 0.1) is 34.9 Å². The fourth-order valence-corrected chi connectivity index (χ4v) is 3.62. The van der Waals surface area contributed by atoms with E-state index in [2.05, 4.69) is 44.7 Å². The summed E-state index contributed by atoms with van der Waals surface area (Å²) < 4.78 is 0. The molecule has 0 radical (unpaired) electrons. The summed E-state index contributed by atoms with van der Waals surface area (Å²) in [4.78, 5) is 0. The van der Waals surface area contributed by atoms with Gasteiger partial charge in [-0.2, -0.15) is 15.8 Å². The summed E-state index contributed by atoms with van der Waals surface area (Å²) in [5.41, 5.74) is 3.34. The first-order chi connectivity index (χ1) is 13.6. The molecule has 2 unspecified atom stereocenters. The van der Waals surface area contributed by atoms with Crippen LogP contribution in [0.25, 0.3) is 0 Å². The van der Waals surface area contributed by atoms with Crippen molar-refractivity contribution in [3.05, 3.63) is 69.8 Å². The van der Waals surface area contributed by atoms with E-state index in [0.717, 1.165) is 5.57 Å². The summed E-state index contributed by atoms with van der Waals surface area (Å²) >= 11 is 0. The molecule has 150 valence electrons. The van der Waals surface area contributed by atoms with Gasteiger partial charge in [0.1, 0.15) is 0 Å². The number of benzene rings is 1. The topological polar surface area (TPSA) is 71.4 Å². The van der Waals surface area contributed by atoms with Gasteiger partial charge in [0.25, 0.3) is 0 Å². The van der Waals surface area contributed by atoms with E-state index >= 15 is 0 Å². The Morgan fingerprint density at radius 2 is 1.38 bits per heavy atom. The second kappa shape index (κ2) is 9.41.